The van der Waals surface area contributed by atoms with E-state index in [0.717, 1.165) is 24.1 Å². The Hall–Kier alpha value is -1.84. The number of hydrogen-bond donors (Lipinski definition) is 2. The normalized spacial score (nSPS) is 10.8. The maximum atomic E-state index is 12.0. The van der Waals surface area contributed by atoms with Gasteiger partial charge >= 0.3 is 0 Å². The van der Waals surface area contributed by atoms with Crippen molar-refractivity contribution in [1.82, 2.24) is 5.32 Å². The number of carbonyl (C=O) groups is 2. The molecule has 21 heavy (non-hydrogen) atoms. The zero-order valence-electron chi connectivity index (χ0n) is 13.4. The second kappa shape index (κ2) is 8.45. The predicted octanol–water partition coefficient (Wildman–Crippen LogP) is 3.30. The fraction of sp³-hybridized carbons (Fsp3) is 0.529. The van der Waals surface area contributed by atoms with Gasteiger partial charge in [-0.2, -0.15) is 0 Å². The highest BCUT2D eigenvalue weighted by Crippen LogP contribution is 2.23. The van der Waals surface area contributed by atoms with Gasteiger partial charge in [0.25, 0.3) is 0 Å². The zero-order valence-corrected chi connectivity index (χ0v) is 13.4. The Morgan fingerprint density at radius 2 is 1.71 bits per heavy atom. The largest absolute Gasteiger partial charge is 0.347 e. The topological polar surface area (TPSA) is 58.2 Å². The van der Waals surface area contributed by atoms with Gasteiger partial charge in [0.2, 0.25) is 11.8 Å². The molecule has 0 aliphatic carbocycles. The van der Waals surface area contributed by atoms with E-state index in [2.05, 4.69) is 24.5 Å². The van der Waals surface area contributed by atoms with Crippen molar-refractivity contribution in [1.29, 1.82) is 0 Å². The van der Waals surface area contributed by atoms with Gasteiger partial charge in [-0.25, -0.2) is 0 Å². The van der Waals surface area contributed by atoms with Crippen LogP contribution in [-0.4, -0.2) is 18.4 Å². The van der Waals surface area contributed by atoms with Crippen LogP contribution in [0.3, 0.4) is 0 Å². The smallest absolute Gasteiger partial charge is 0.243 e. The highest BCUT2D eigenvalue weighted by Gasteiger charge is 2.15. The summed E-state index contributed by atoms with van der Waals surface area (Å²) in [5.41, 5.74) is 1.91. The maximum Gasteiger partial charge on any atom is 0.243 e. The molecule has 4 heteroatoms. The lowest BCUT2D eigenvalue weighted by molar-refractivity contribution is -0.127. The van der Waals surface area contributed by atoms with E-state index in [1.165, 1.54) is 0 Å². The van der Waals surface area contributed by atoms with Crippen molar-refractivity contribution in [3.63, 3.8) is 0 Å². The SMILES string of the molecule is CCC(CC)C(=O)NCC(=O)Nc1ccccc1C(C)C. The van der Waals surface area contributed by atoms with E-state index in [9.17, 15) is 9.59 Å². The van der Waals surface area contributed by atoms with E-state index < -0.39 is 0 Å². The third-order valence-corrected chi connectivity index (χ3v) is 3.64. The van der Waals surface area contributed by atoms with Gasteiger partial charge in [-0.05, 0) is 30.4 Å². The molecule has 0 saturated carbocycles. The Labute approximate surface area is 127 Å². The molecule has 0 aromatic heterocycles. The third-order valence-electron chi connectivity index (χ3n) is 3.64. The lowest BCUT2D eigenvalue weighted by Gasteiger charge is -2.15. The predicted molar refractivity (Wildman–Crippen MR) is 86.2 cm³/mol. The van der Waals surface area contributed by atoms with Gasteiger partial charge in [0.05, 0.1) is 6.54 Å². The van der Waals surface area contributed by atoms with Crippen molar-refractivity contribution < 1.29 is 9.59 Å². The molecule has 2 N–H and O–H groups in total. The van der Waals surface area contributed by atoms with Gasteiger partial charge in [-0.15, -0.1) is 0 Å². The van der Waals surface area contributed by atoms with Crippen LogP contribution in [0.4, 0.5) is 5.69 Å². The number of carbonyl (C=O) groups excluding carboxylic acids is 2. The molecule has 0 radical (unpaired) electrons. The minimum Gasteiger partial charge on any atom is -0.347 e. The minimum absolute atomic E-state index is 0.0132. The van der Waals surface area contributed by atoms with Crippen LogP contribution in [0, 0.1) is 5.92 Å². The number of hydrogen-bond acceptors (Lipinski definition) is 2. The molecule has 0 spiro atoms. The highest BCUT2D eigenvalue weighted by atomic mass is 16.2. The molecule has 1 rings (SSSR count). The summed E-state index contributed by atoms with van der Waals surface area (Å²) < 4.78 is 0. The minimum atomic E-state index is -0.192. The summed E-state index contributed by atoms with van der Waals surface area (Å²) >= 11 is 0. The molecular formula is C17H26N2O2. The van der Waals surface area contributed by atoms with E-state index in [-0.39, 0.29) is 24.3 Å². The van der Waals surface area contributed by atoms with Crippen LogP contribution in [0.2, 0.25) is 0 Å². The van der Waals surface area contributed by atoms with Crippen LogP contribution < -0.4 is 10.6 Å². The Morgan fingerprint density at radius 1 is 1.10 bits per heavy atom. The Morgan fingerprint density at radius 3 is 2.29 bits per heavy atom. The van der Waals surface area contributed by atoms with E-state index in [0.29, 0.717) is 5.92 Å². The number of para-hydroxylation sites is 1. The van der Waals surface area contributed by atoms with Crippen LogP contribution in [0.5, 0.6) is 0 Å². The lowest BCUT2D eigenvalue weighted by Crippen LogP contribution is -2.36. The molecule has 0 unspecified atom stereocenters. The maximum absolute atomic E-state index is 12.0. The van der Waals surface area contributed by atoms with E-state index in [4.69, 9.17) is 0 Å². The second-order valence-electron chi connectivity index (χ2n) is 5.52. The average Bonchev–Trinajstić information content (AvgIpc) is 2.46. The van der Waals surface area contributed by atoms with Crippen molar-refractivity contribution in [3.8, 4) is 0 Å². The molecule has 0 fully saturated rings. The van der Waals surface area contributed by atoms with Crippen molar-refractivity contribution in [3.05, 3.63) is 29.8 Å². The van der Waals surface area contributed by atoms with Crippen LogP contribution in [0.15, 0.2) is 24.3 Å². The van der Waals surface area contributed by atoms with Crippen molar-refractivity contribution in [2.45, 2.75) is 46.5 Å². The molecule has 0 aliphatic rings. The highest BCUT2D eigenvalue weighted by molar-refractivity contribution is 5.95. The summed E-state index contributed by atoms with van der Waals surface area (Å²) in [6.45, 7) is 8.14. The Balaban J connectivity index is 2.57. The van der Waals surface area contributed by atoms with Gasteiger partial charge in [0, 0.05) is 11.6 Å². The van der Waals surface area contributed by atoms with Gasteiger partial charge < -0.3 is 10.6 Å². The summed E-state index contributed by atoms with van der Waals surface area (Å²) in [7, 11) is 0. The molecular weight excluding hydrogens is 264 g/mol. The number of amides is 2. The molecule has 0 heterocycles. The van der Waals surface area contributed by atoms with Gasteiger partial charge in [-0.3, -0.25) is 9.59 Å². The second-order valence-corrected chi connectivity index (χ2v) is 5.52. The van der Waals surface area contributed by atoms with Gasteiger partial charge in [0.1, 0.15) is 0 Å². The van der Waals surface area contributed by atoms with Crippen LogP contribution in [0.25, 0.3) is 0 Å². The van der Waals surface area contributed by atoms with E-state index in [1.54, 1.807) is 0 Å². The number of benzene rings is 1. The number of nitrogens with one attached hydrogen (secondary N) is 2. The summed E-state index contributed by atoms with van der Waals surface area (Å²) in [5.74, 6) is 0.0797. The molecule has 0 bridgehead atoms. The Kier molecular flexibility index (Phi) is 6.92. The monoisotopic (exact) mass is 290 g/mol. The molecule has 0 saturated heterocycles. The average molecular weight is 290 g/mol. The first-order valence-electron chi connectivity index (χ1n) is 7.66. The van der Waals surface area contributed by atoms with Crippen molar-refractivity contribution in [2.24, 2.45) is 5.92 Å². The molecule has 1 aromatic rings. The van der Waals surface area contributed by atoms with Crippen molar-refractivity contribution >= 4 is 17.5 Å². The van der Waals surface area contributed by atoms with Gasteiger partial charge in [-0.1, -0.05) is 45.9 Å². The quantitative estimate of drug-likeness (QED) is 0.809. The van der Waals surface area contributed by atoms with Crippen LogP contribution in [0.1, 0.15) is 52.0 Å². The summed E-state index contributed by atoms with van der Waals surface area (Å²) in [6.07, 6.45) is 1.58. The number of rotatable bonds is 7. The molecule has 1 aromatic carbocycles. The van der Waals surface area contributed by atoms with Gasteiger partial charge in [0.15, 0.2) is 0 Å². The van der Waals surface area contributed by atoms with Crippen LogP contribution >= 0.6 is 0 Å². The molecule has 0 aliphatic heterocycles. The first-order valence-corrected chi connectivity index (χ1v) is 7.66. The first kappa shape index (κ1) is 17.2. The third kappa shape index (κ3) is 5.21. The zero-order chi connectivity index (χ0) is 15.8. The lowest BCUT2D eigenvalue weighted by atomic mass is 10.0. The molecule has 116 valence electrons. The molecule has 2 amide bonds. The molecule has 0 atom stereocenters. The van der Waals surface area contributed by atoms with E-state index >= 15 is 0 Å². The summed E-state index contributed by atoms with van der Waals surface area (Å²) in [6, 6.07) is 7.74. The van der Waals surface area contributed by atoms with E-state index in [1.807, 2.05) is 38.1 Å². The summed E-state index contributed by atoms with van der Waals surface area (Å²) in [5, 5.41) is 5.57. The molecule has 4 nitrogen and oxygen atoms in total. The number of anilines is 1. The van der Waals surface area contributed by atoms with Crippen LogP contribution in [-0.2, 0) is 9.59 Å². The fourth-order valence-corrected chi connectivity index (χ4v) is 2.28. The van der Waals surface area contributed by atoms with Crippen molar-refractivity contribution in [2.75, 3.05) is 11.9 Å². The summed E-state index contributed by atoms with van der Waals surface area (Å²) in [4.78, 5) is 23.8. The first-order chi connectivity index (χ1) is 9.99. The fourth-order valence-electron chi connectivity index (χ4n) is 2.28. The Bertz CT molecular complexity index is 479. The standard InChI is InChI=1S/C17H26N2O2/c1-5-13(6-2)17(21)18-11-16(20)19-15-10-8-7-9-14(15)12(3)4/h7-10,12-13H,5-6,11H2,1-4H3,(H,18,21)(H,19,20).